The van der Waals surface area contributed by atoms with Crippen LogP contribution in [0.2, 0.25) is 0 Å². The zero-order chi connectivity index (χ0) is 16.4. The van der Waals surface area contributed by atoms with Crippen molar-refractivity contribution < 1.29 is 23.5 Å². The number of benzene rings is 1. The minimum atomic E-state index is -0.371. The summed E-state index contributed by atoms with van der Waals surface area (Å²) in [4.78, 5) is 38.4. The predicted molar refractivity (Wildman–Crippen MR) is 81.6 cm³/mol. The van der Waals surface area contributed by atoms with Crippen molar-refractivity contribution in [3.05, 3.63) is 30.1 Å². The first kappa shape index (κ1) is 15.8. The van der Waals surface area contributed by atoms with E-state index in [2.05, 4.69) is 0 Å². The van der Waals surface area contributed by atoms with Crippen molar-refractivity contribution >= 4 is 28.8 Å². The fourth-order valence-electron chi connectivity index (χ4n) is 2.66. The molecule has 0 bridgehead atoms. The first-order valence-corrected chi connectivity index (χ1v) is 8.18. The van der Waals surface area contributed by atoms with Gasteiger partial charge in [-0.15, -0.1) is 0 Å². The normalized spacial score (nSPS) is 21.2. The molecule has 2 heterocycles. The molecular formula is C15H15FN2O4S. The quantitative estimate of drug-likeness (QED) is 0.832. The second-order valence-corrected chi connectivity index (χ2v) is 6.27. The van der Waals surface area contributed by atoms with Gasteiger partial charge in [0.2, 0.25) is 5.91 Å². The van der Waals surface area contributed by atoms with Crippen LogP contribution in [0.4, 0.5) is 9.18 Å². The molecule has 0 N–H and O–H groups in total. The SMILES string of the molecule is O=C(COc1ccc(F)cc1)N1CCC(N2C(=O)CSC2=O)C1. The number of likely N-dealkylation sites (tertiary alicyclic amines) is 1. The highest BCUT2D eigenvalue weighted by molar-refractivity contribution is 8.14. The lowest BCUT2D eigenvalue weighted by atomic mass is 10.2. The minimum Gasteiger partial charge on any atom is -0.484 e. The Hall–Kier alpha value is -2.09. The van der Waals surface area contributed by atoms with Crippen LogP contribution in [-0.2, 0) is 9.59 Å². The molecule has 2 aliphatic rings. The van der Waals surface area contributed by atoms with Crippen molar-refractivity contribution in [1.29, 1.82) is 0 Å². The Labute approximate surface area is 136 Å². The Kier molecular flexibility index (Phi) is 4.51. The standard InChI is InChI=1S/C15H15FN2O4S/c16-10-1-3-12(4-2-10)22-8-13(19)17-6-5-11(7-17)18-14(20)9-23-15(18)21/h1-4,11H,5-9H2. The van der Waals surface area contributed by atoms with Crippen molar-refractivity contribution in [2.45, 2.75) is 12.5 Å². The Morgan fingerprint density at radius 1 is 1.30 bits per heavy atom. The molecule has 3 rings (SSSR count). The average Bonchev–Trinajstić information content (AvgIpc) is 3.13. The number of halogens is 1. The highest BCUT2D eigenvalue weighted by Gasteiger charge is 2.40. The number of imide groups is 1. The number of ether oxygens (including phenoxy) is 1. The number of thioether (sulfide) groups is 1. The molecule has 0 radical (unpaired) electrons. The topological polar surface area (TPSA) is 66.9 Å². The third kappa shape index (κ3) is 3.47. The first-order chi connectivity index (χ1) is 11.0. The summed E-state index contributed by atoms with van der Waals surface area (Å²) in [5.41, 5.74) is 0. The molecule has 0 spiro atoms. The third-order valence-corrected chi connectivity index (χ3v) is 4.68. The molecule has 0 saturated carbocycles. The minimum absolute atomic E-state index is 0.158. The zero-order valence-electron chi connectivity index (χ0n) is 12.2. The van der Waals surface area contributed by atoms with E-state index >= 15 is 0 Å². The molecule has 2 fully saturated rings. The lowest BCUT2D eigenvalue weighted by Crippen LogP contribution is -2.42. The molecule has 1 unspecified atom stereocenters. The predicted octanol–water partition coefficient (Wildman–Crippen LogP) is 1.50. The second kappa shape index (κ2) is 6.57. The van der Waals surface area contributed by atoms with Crippen LogP contribution in [0.3, 0.4) is 0 Å². The molecule has 122 valence electrons. The van der Waals surface area contributed by atoms with E-state index in [0.717, 1.165) is 11.8 Å². The molecule has 3 amide bonds. The number of hydrogen-bond acceptors (Lipinski definition) is 5. The van der Waals surface area contributed by atoms with Gasteiger partial charge in [0.1, 0.15) is 11.6 Å². The molecule has 0 aromatic heterocycles. The summed E-state index contributed by atoms with van der Waals surface area (Å²) >= 11 is 0.997. The van der Waals surface area contributed by atoms with Crippen LogP contribution in [0.5, 0.6) is 5.75 Å². The number of rotatable bonds is 4. The second-order valence-electron chi connectivity index (χ2n) is 5.34. The average molecular weight is 338 g/mol. The number of carbonyl (C=O) groups excluding carboxylic acids is 3. The fourth-order valence-corrected chi connectivity index (χ4v) is 3.44. The van der Waals surface area contributed by atoms with E-state index in [9.17, 15) is 18.8 Å². The van der Waals surface area contributed by atoms with E-state index in [1.165, 1.54) is 29.2 Å². The van der Waals surface area contributed by atoms with Gasteiger partial charge in [0.15, 0.2) is 6.61 Å². The van der Waals surface area contributed by atoms with Gasteiger partial charge in [-0.05, 0) is 30.7 Å². The van der Waals surface area contributed by atoms with Crippen molar-refractivity contribution in [3.63, 3.8) is 0 Å². The highest BCUT2D eigenvalue weighted by Crippen LogP contribution is 2.26. The van der Waals surface area contributed by atoms with Crippen LogP contribution >= 0.6 is 11.8 Å². The summed E-state index contributed by atoms with van der Waals surface area (Å²) in [5.74, 6) is -0.192. The van der Waals surface area contributed by atoms with Crippen LogP contribution in [0.1, 0.15) is 6.42 Å². The van der Waals surface area contributed by atoms with Gasteiger partial charge in [0.05, 0.1) is 11.8 Å². The first-order valence-electron chi connectivity index (χ1n) is 7.19. The summed E-state index contributed by atoms with van der Waals surface area (Å²) in [6.07, 6.45) is 0.584. The fraction of sp³-hybridized carbons (Fsp3) is 0.400. The molecule has 23 heavy (non-hydrogen) atoms. The summed E-state index contributed by atoms with van der Waals surface area (Å²) in [6.45, 7) is 0.663. The van der Waals surface area contributed by atoms with Crippen molar-refractivity contribution in [1.82, 2.24) is 9.80 Å². The molecule has 2 aliphatic heterocycles. The molecule has 1 aromatic carbocycles. The van der Waals surface area contributed by atoms with E-state index in [0.29, 0.717) is 25.3 Å². The van der Waals surface area contributed by atoms with Gasteiger partial charge in [-0.1, -0.05) is 11.8 Å². The van der Waals surface area contributed by atoms with Gasteiger partial charge >= 0.3 is 0 Å². The van der Waals surface area contributed by atoms with Gasteiger partial charge in [-0.3, -0.25) is 19.3 Å². The maximum atomic E-state index is 12.8. The lowest BCUT2D eigenvalue weighted by molar-refractivity contribution is -0.133. The van der Waals surface area contributed by atoms with Crippen LogP contribution in [0, 0.1) is 5.82 Å². The van der Waals surface area contributed by atoms with Crippen LogP contribution in [-0.4, -0.2) is 58.3 Å². The van der Waals surface area contributed by atoms with Crippen molar-refractivity contribution in [2.24, 2.45) is 0 Å². The van der Waals surface area contributed by atoms with E-state index in [4.69, 9.17) is 4.74 Å². The Balaban J connectivity index is 1.52. The smallest absolute Gasteiger partial charge is 0.289 e. The zero-order valence-corrected chi connectivity index (χ0v) is 13.1. The van der Waals surface area contributed by atoms with Gasteiger partial charge in [0.25, 0.3) is 11.1 Å². The summed E-state index contributed by atoms with van der Waals surface area (Å²) in [6, 6.07) is 5.17. The monoisotopic (exact) mass is 338 g/mol. The summed E-state index contributed by atoms with van der Waals surface area (Å²) in [7, 11) is 0. The van der Waals surface area contributed by atoms with Crippen LogP contribution in [0.25, 0.3) is 0 Å². The largest absolute Gasteiger partial charge is 0.484 e. The molecule has 8 heteroatoms. The third-order valence-electron chi connectivity index (χ3n) is 3.84. The van der Waals surface area contributed by atoms with E-state index < -0.39 is 0 Å². The molecule has 6 nitrogen and oxygen atoms in total. The van der Waals surface area contributed by atoms with Crippen LogP contribution in [0.15, 0.2) is 24.3 Å². The Morgan fingerprint density at radius 3 is 2.70 bits per heavy atom. The lowest BCUT2D eigenvalue weighted by Gasteiger charge is -2.21. The molecule has 2 saturated heterocycles. The highest BCUT2D eigenvalue weighted by atomic mass is 32.2. The van der Waals surface area contributed by atoms with E-state index in [1.54, 1.807) is 4.90 Å². The molecular weight excluding hydrogens is 323 g/mol. The molecule has 1 aromatic rings. The summed E-state index contributed by atoms with van der Waals surface area (Å²) in [5, 5.41) is -0.239. The summed E-state index contributed by atoms with van der Waals surface area (Å²) < 4.78 is 18.1. The van der Waals surface area contributed by atoms with Crippen molar-refractivity contribution in [3.8, 4) is 5.75 Å². The molecule has 0 aliphatic carbocycles. The number of hydrogen-bond donors (Lipinski definition) is 0. The maximum absolute atomic E-state index is 12.8. The van der Waals surface area contributed by atoms with E-state index in [-0.39, 0.29) is 41.3 Å². The van der Waals surface area contributed by atoms with Gasteiger partial charge in [-0.2, -0.15) is 0 Å². The van der Waals surface area contributed by atoms with E-state index in [1.807, 2.05) is 0 Å². The van der Waals surface area contributed by atoms with Gasteiger partial charge in [0, 0.05) is 13.1 Å². The van der Waals surface area contributed by atoms with Gasteiger partial charge in [-0.25, -0.2) is 4.39 Å². The number of carbonyl (C=O) groups is 3. The number of amides is 3. The molecule has 1 atom stereocenters. The van der Waals surface area contributed by atoms with Crippen molar-refractivity contribution in [2.75, 3.05) is 25.4 Å². The van der Waals surface area contributed by atoms with Gasteiger partial charge < -0.3 is 9.64 Å². The Morgan fingerprint density at radius 2 is 2.04 bits per heavy atom. The Bertz CT molecular complexity index is 621. The maximum Gasteiger partial charge on any atom is 0.289 e. The van der Waals surface area contributed by atoms with Crippen LogP contribution < -0.4 is 4.74 Å². The number of nitrogens with zero attached hydrogens (tertiary/aromatic N) is 2.